The van der Waals surface area contributed by atoms with Gasteiger partial charge in [0.2, 0.25) is 0 Å². The monoisotopic (exact) mass is 378 g/mol. The molecule has 0 N–H and O–H groups in total. The van der Waals surface area contributed by atoms with E-state index in [2.05, 4.69) is 5.16 Å². The van der Waals surface area contributed by atoms with Gasteiger partial charge >= 0.3 is 0 Å². The number of halogens is 2. The summed E-state index contributed by atoms with van der Waals surface area (Å²) < 4.78 is 22.9. The van der Waals surface area contributed by atoms with Crippen molar-refractivity contribution < 1.29 is 18.0 Å². The third kappa shape index (κ3) is 4.83. The summed E-state index contributed by atoms with van der Waals surface area (Å²) in [5.74, 6) is -0.223. The molecule has 1 fully saturated rings. The topological polar surface area (TPSA) is 76.0 Å². The minimum Gasteiger partial charge on any atom is -0.386 e. The number of benzene rings is 1. The van der Waals surface area contributed by atoms with E-state index in [0.717, 1.165) is 0 Å². The second kappa shape index (κ2) is 7.51. The molecular weight excluding hydrogens is 363 g/mol. The fourth-order valence-corrected chi connectivity index (χ4v) is 4.32. The summed E-state index contributed by atoms with van der Waals surface area (Å²) in [6.07, 6.45) is 1.81. The maximum absolute atomic E-state index is 12.0. The Morgan fingerprint density at radius 1 is 1.48 bits per heavy atom. The molecule has 6 nitrogen and oxygen atoms in total. The predicted octanol–water partition coefficient (Wildman–Crippen LogP) is 1.99. The van der Waals surface area contributed by atoms with E-state index in [9.17, 15) is 13.2 Å². The number of nitrogens with zero attached hydrogens (tertiary/aromatic N) is 2. The highest BCUT2D eigenvalue weighted by Gasteiger charge is 2.32. The molecule has 0 radical (unpaired) electrons. The first kappa shape index (κ1) is 18.0. The standard InChI is InChI=1S/C14H16Cl2N2O4S/c1-18(11-5-6-23(20,21)9-11)13(19)8-22-17-7-10-3-2-4-12(15)14(10)16/h2-4,7,11H,5-6,8-9H2,1H3/b17-7-/t11-/m1/s1. The van der Waals surface area contributed by atoms with Crippen LogP contribution in [0.15, 0.2) is 23.4 Å². The smallest absolute Gasteiger partial charge is 0.263 e. The van der Waals surface area contributed by atoms with Gasteiger partial charge in [0.05, 0.1) is 27.8 Å². The molecule has 1 aliphatic rings. The molecule has 1 aliphatic heterocycles. The summed E-state index contributed by atoms with van der Waals surface area (Å²) in [7, 11) is -1.47. The van der Waals surface area contributed by atoms with Crippen molar-refractivity contribution in [2.24, 2.45) is 5.16 Å². The molecule has 0 bridgehead atoms. The molecule has 23 heavy (non-hydrogen) atoms. The normalized spacial score (nSPS) is 19.9. The van der Waals surface area contributed by atoms with Gasteiger partial charge < -0.3 is 9.74 Å². The van der Waals surface area contributed by atoms with Crippen LogP contribution in [0.2, 0.25) is 10.0 Å². The number of hydrogen-bond acceptors (Lipinski definition) is 5. The lowest BCUT2D eigenvalue weighted by atomic mass is 10.2. The molecule has 0 aromatic heterocycles. The number of carbonyl (C=O) groups is 1. The molecule has 9 heteroatoms. The Hall–Kier alpha value is -1.31. The van der Waals surface area contributed by atoms with E-state index in [1.807, 2.05) is 0 Å². The van der Waals surface area contributed by atoms with E-state index in [1.165, 1.54) is 11.1 Å². The van der Waals surface area contributed by atoms with Crippen molar-refractivity contribution >= 4 is 45.2 Å². The van der Waals surface area contributed by atoms with E-state index >= 15 is 0 Å². The van der Waals surface area contributed by atoms with Gasteiger partial charge in [0, 0.05) is 18.7 Å². The van der Waals surface area contributed by atoms with Gasteiger partial charge in [-0.05, 0) is 12.5 Å². The second-order valence-corrected chi connectivity index (χ2v) is 8.23. The Labute approximate surface area is 144 Å². The van der Waals surface area contributed by atoms with Crippen LogP contribution in [0.5, 0.6) is 0 Å². The molecule has 126 valence electrons. The van der Waals surface area contributed by atoms with E-state index in [0.29, 0.717) is 22.0 Å². The first-order valence-electron chi connectivity index (χ1n) is 6.85. The van der Waals surface area contributed by atoms with E-state index in [-0.39, 0.29) is 30.1 Å². The van der Waals surface area contributed by atoms with Crippen molar-refractivity contribution in [1.29, 1.82) is 0 Å². The van der Waals surface area contributed by atoms with Crippen LogP contribution in [0.1, 0.15) is 12.0 Å². The maximum Gasteiger partial charge on any atom is 0.263 e. The number of oxime groups is 1. The van der Waals surface area contributed by atoms with Crippen LogP contribution in [0.25, 0.3) is 0 Å². The van der Waals surface area contributed by atoms with Crippen LogP contribution in [0.4, 0.5) is 0 Å². The minimum atomic E-state index is -3.04. The quantitative estimate of drug-likeness (QED) is 0.579. The lowest BCUT2D eigenvalue weighted by molar-refractivity contribution is -0.136. The van der Waals surface area contributed by atoms with Gasteiger partial charge in [-0.25, -0.2) is 8.42 Å². The number of likely N-dealkylation sites (N-methyl/N-ethyl adjacent to an activating group) is 1. The number of amides is 1. The largest absolute Gasteiger partial charge is 0.386 e. The summed E-state index contributed by atoms with van der Waals surface area (Å²) in [5, 5.41) is 4.43. The van der Waals surface area contributed by atoms with Crippen molar-refractivity contribution in [1.82, 2.24) is 4.90 Å². The van der Waals surface area contributed by atoms with Crippen molar-refractivity contribution in [3.8, 4) is 0 Å². The van der Waals surface area contributed by atoms with Crippen LogP contribution in [-0.4, -0.2) is 56.6 Å². The van der Waals surface area contributed by atoms with Crippen molar-refractivity contribution in [3.63, 3.8) is 0 Å². The Bertz CT molecular complexity index is 721. The second-order valence-electron chi connectivity index (χ2n) is 5.21. The van der Waals surface area contributed by atoms with Gasteiger partial charge in [0.15, 0.2) is 16.4 Å². The summed E-state index contributed by atoms with van der Waals surface area (Å²) in [6, 6.07) is 4.77. The molecule has 1 amide bonds. The fourth-order valence-electron chi connectivity index (χ4n) is 2.19. The Kier molecular flexibility index (Phi) is 5.89. The molecule has 1 saturated heterocycles. The van der Waals surface area contributed by atoms with Crippen LogP contribution in [0.3, 0.4) is 0 Å². The number of rotatable bonds is 5. The molecule has 0 spiro atoms. The van der Waals surface area contributed by atoms with Gasteiger partial charge in [0.25, 0.3) is 5.91 Å². The summed E-state index contributed by atoms with van der Waals surface area (Å²) in [6.45, 7) is -0.276. The third-order valence-corrected chi connectivity index (χ3v) is 6.17. The van der Waals surface area contributed by atoms with E-state index in [4.69, 9.17) is 28.0 Å². The molecule has 0 aliphatic carbocycles. The molecule has 2 rings (SSSR count). The average molecular weight is 379 g/mol. The van der Waals surface area contributed by atoms with E-state index in [1.54, 1.807) is 25.2 Å². The zero-order valence-electron chi connectivity index (χ0n) is 12.4. The van der Waals surface area contributed by atoms with Crippen LogP contribution >= 0.6 is 23.2 Å². The first-order chi connectivity index (χ1) is 10.8. The Balaban J connectivity index is 1.85. The lowest BCUT2D eigenvalue weighted by Gasteiger charge is -2.22. The van der Waals surface area contributed by atoms with Gasteiger partial charge in [-0.3, -0.25) is 4.79 Å². The van der Waals surface area contributed by atoms with Crippen LogP contribution < -0.4 is 0 Å². The minimum absolute atomic E-state index is 0.00334. The van der Waals surface area contributed by atoms with Crippen molar-refractivity contribution in [2.45, 2.75) is 12.5 Å². The number of carbonyl (C=O) groups excluding carboxylic acids is 1. The molecular formula is C14H16Cl2N2O4S. The lowest BCUT2D eigenvalue weighted by Crippen LogP contribution is -2.39. The molecule has 1 atom stereocenters. The van der Waals surface area contributed by atoms with E-state index < -0.39 is 9.84 Å². The molecule has 1 aromatic carbocycles. The van der Waals surface area contributed by atoms with Gasteiger partial charge in [-0.1, -0.05) is 40.5 Å². The zero-order chi connectivity index (χ0) is 17.0. The van der Waals surface area contributed by atoms with Crippen LogP contribution in [0, 0.1) is 0 Å². The summed E-state index contributed by atoms with van der Waals surface area (Å²) >= 11 is 11.9. The van der Waals surface area contributed by atoms with Crippen LogP contribution in [-0.2, 0) is 19.5 Å². The zero-order valence-corrected chi connectivity index (χ0v) is 14.7. The van der Waals surface area contributed by atoms with Crippen molar-refractivity contribution in [2.75, 3.05) is 25.2 Å². The summed E-state index contributed by atoms with van der Waals surface area (Å²) in [5.41, 5.74) is 0.571. The molecule has 0 unspecified atom stereocenters. The number of hydrogen-bond donors (Lipinski definition) is 0. The van der Waals surface area contributed by atoms with Gasteiger partial charge in [-0.15, -0.1) is 0 Å². The highest BCUT2D eigenvalue weighted by atomic mass is 35.5. The van der Waals surface area contributed by atoms with Gasteiger partial charge in [-0.2, -0.15) is 0 Å². The maximum atomic E-state index is 12.0. The fraction of sp³-hybridized carbons (Fsp3) is 0.429. The Morgan fingerprint density at radius 3 is 2.87 bits per heavy atom. The average Bonchev–Trinajstić information content (AvgIpc) is 2.86. The molecule has 1 aromatic rings. The highest BCUT2D eigenvalue weighted by molar-refractivity contribution is 7.91. The number of sulfone groups is 1. The predicted molar refractivity (Wildman–Crippen MR) is 89.8 cm³/mol. The van der Waals surface area contributed by atoms with Gasteiger partial charge in [0.1, 0.15) is 0 Å². The third-order valence-electron chi connectivity index (χ3n) is 3.59. The molecule has 0 saturated carbocycles. The highest BCUT2D eigenvalue weighted by Crippen LogP contribution is 2.24. The Morgan fingerprint density at radius 2 is 2.22 bits per heavy atom. The van der Waals surface area contributed by atoms with Crippen molar-refractivity contribution in [3.05, 3.63) is 33.8 Å². The first-order valence-corrected chi connectivity index (χ1v) is 9.43. The summed E-state index contributed by atoms with van der Waals surface area (Å²) in [4.78, 5) is 18.3. The SMILES string of the molecule is CN(C(=O)CO/N=C\c1cccc(Cl)c1Cl)[C@@H]1CCS(=O)(=O)C1. The molecule has 1 heterocycles.